The van der Waals surface area contributed by atoms with Gasteiger partial charge in [0.1, 0.15) is 17.7 Å². The van der Waals surface area contributed by atoms with Gasteiger partial charge >= 0.3 is 0 Å². The number of imidazole rings is 1. The van der Waals surface area contributed by atoms with Crippen molar-refractivity contribution >= 4 is 11.9 Å². The van der Waals surface area contributed by atoms with Crippen molar-refractivity contribution in [3.63, 3.8) is 0 Å². The molecule has 1 aromatic heterocycles. The maximum absolute atomic E-state index is 14.7. The number of aromatic nitrogens is 2. The van der Waals surface area contributed by atoms with Crippen LogP contribution in [0, 0.1) is 12.7 Å². The molecule has 32 heavy (non-hydrogen) atoms. The number of hydrogen-bond acceptors (Lipinski definition) is 4. The van der Waals surface area contributed by atoms with Gasteiger partial charge in [0.15, 0.2) is 5.96 Å². The summed E-state index contributed by atoms with van der Waals surface area (Å²) in [5.74, 6) is 1.32. The summed E-state index contributed by atoms with van der Waals surface area (Å²) in [6.07, 6.45) is 4.91. The van der Waals surface area contributed by atoms with Crippen LogP contribution in [0.3, 0.4) is 0 Å². The number of rotatable bonds is 5. The molecule has 1 atom stereocenters. The molecule has 0 spiro atoms. The van der Waals surface area contributed by atoms with Crippen LogP contribution >= 0.6 is 0 Å². The molecule has 2 aliphatic heterocycles. The standard InChI is InChI=1S/C23H31FN6O2/c1-3-25-23(29-12-10-28(11-13-29)22(31)21-5-4-14-32-21)27-16-18-6-7-20(19(24)15-18)30-9-8-26-17(30)2/h6-9,15,21H,3-5,10-14,16H2,1-2H3,(H,25,27). The van der Waals surface area contributed by atoms with E-state index in [0.717, 1.165) is 36.7 Å². The molecule has 8 nitrogen and oxygen atoms in total. The van der Waals surface area contributed by atoms with Crippen molar-refractivity contribution in [3.8, 4) is 5.69 Å². The van der Waals surface area contributed by atoms with E-state index < -0.39 is 0 Å². The van der Waals surface area contributed by atoms with Crippen LogP contribution in [0.4, 0.5) is 4.39 Å². The second kappa shape index (κ2) is 10.1. The number of halogens is 1. The topological polar surface area (TPSA) is 75.0 Å². The first-order chi connectivity index (χ1) is 15.6. The maximum Gasteiger partial charge on any atom is 0.251 e. The van der Waals surface area contributed by atoms with E-state index in [1.807, 2.05) is 24.8 Å². The van der Waals surface area contributed by atoms with Crippen LogP contribution in [-0.4, -0.2) is 76.7 Å². The third-order valence-electron chi connectivity index (χ3n) is 5.94. The summed E-state index contributed by atoms with van der Waals surface area (Å²) in [6.45, 7) is 8.36. The second-order valence-electron chi connectivity index (χ2n) is 8.11. The number of aryl methyl sites for hydroxylation is 1. The fourth-order valence-corrected chi connectivity index (χ4v) is 4.18. The molecule has 1 aromatic carbocycles. The molecule has 2 aliphatic rings. The van der Waals surface area contributed by atoms with Crippen molar-refractivity contribution in [2.75, 3.05) is 39.3 Å². The van der Waals surface area contributed by atoms with Crippen LogP contribution in [0.5, 0.6) is 0 Å². The first-order valence-corrected chi connectivity index (χ1v) is 11.3. The van der Waals surface area contributed by atoms with Gasteiger partial charge in [-0.1, -0.05) is 6.07 Å². The fourth-order valence-electron chi connectivity index (χ4n) is 4.18. The zero-order chi connectivity index (χ0) is 22.5. The van der Waals surface area contributed by atoms with E-state index in [4.69, 9.17) is 9.73 Å². The lowest BCUT2D eigenvalue weighted by molar-refractivity contribution is -0.142. The van der Waals surface area contributed by atoms with Gasteiger partial charge in [0, 0.05) is 51.7 Å². The molecule has 9 heteroatoms. The number of benzene rings is 1. The zero-order valence-corrected chi connectivity index (χ0v) is 18.8. The van der Waals surface area contributed by atoms with Gasteiger partial charge in [0.05, 0.1) is 12.2 Å². The molecular formula is C23H31FN6O2. The quantitative estimate of drug-likeness (QED) is 0.567. The zero-order valence-electron chi connectivity index (χ0n) is 18.8. The first kappa shape index (κ1) is 22.3. The Balaban J connectivity index is 1.39. The van der Waals surface area contributed by atoms with Crippen LogP contribution in [0.1, 0.15) is 31.2 Å². The molecule has 0 bridgehead atoms. The van der Waals surface area contributed by atoms with Gasteiger partial charge in [-0.15, -0.1) is 0 Å². The lowest BCUT2D eigenvalue weighted by atomic mass is 10.2. The molecular weight excluding hydrogens is 411 g/mol. The number of piperazine rings is 1. The summed E-state index contributed by atoms with van der Waals surface area (Å²) in [4.78, 5) is 25.5. The average molecular weight is 443 g/mol. The molecule has 3 heterocycles. The molecule has 2 aromatic rings. The van der Waals surface area contributed by atoms with Gasteiger partial charge in [-0.2, -0.15) is 0 Å². The fraction of sp³-hybridized carbons (Fsp3) is 0.522. The van der Waals surface area contributed by atoms with Crippen LogP contribution in [0.2, 0.25) is 0 Å². The molecule has 1 N–H and O–H groups in total. The highest BCUT2D eigenvalue weighted by molar-refractivity contribution is 5.82. The van der Waals surface area contributed by atoms with E-state index in [2.05, 4.69) is 15.2 Å². The summed E-state index contributed by atoms with van der Waals surface area (Å²) in [6, 6.07) is 5.18. The number of nitrogens with zero attached hydrogens (tertiary/aromatic N) is 5. The molecule has 4 rings (SSSR count). The monoisotopic (exact) mass is 442 g/mol. The minimum absolute atomic E-state index is 0.104. The molecule has 0 aliphatic carbocycles. The second-order valence-corrected chi connectivity index (χ2v) is 8.11. The molecule has 0 saturated carbocycles. The minimum atomic E-state index is -0.301. The van der Waals surface area contributed by atoms with Gasteiger partial charge in [0.25, 0.3) is 5.91 Å². The van der Waals surface area contributed by atoms with Crippen LogP contribution in [0.25, 0.3) is 5.69 Å². The highest BCUT2D eigenvalue weighted by Crippen LogP contribution is 2.18. The smallest absolute Gasteiger partial charge is 0.251 e. The van der Waals surface area contributed by atoms with Gasteiger partial charge < -0.3 is 24.4 Å². The summed E-state index contributed by atoms with van der Waals surface area (Å²) in [5.41, 5.74) is 1.28. The predicted molar refractivity (Wildman–Crippen MR) is 120 cm³/mol. The SMILES string of the molecule is CCNC(=NCc1ccc(-n2ccnc2C)c(F)c1)N1CCN(C(=O)C2CCCO2)CC1. The highest BCUT2D eigenvalue weighted by Gasteiger charge is 2.30. The van der Waals surface area contributed by atoms with Crippen molar-refractivity contribution in [2.45, 2.75) is 39.3 Å². The number of carbonyl (C=O) groups is 1. The number of nitrogens with one attached hydrogen (secondary N) is 1. The van der Waals surface area contributed by atoms with E-state index in [1.165, 1.54) is 6.07 Å². The van der Waals surface area contributed by atoms with Gasteiger partial charge in [-0.05, 0) is 44.4 Å². The van der Waals surface area contributed by atoms with E-state index in [-0.39, 0.29) is 17.8 Å². The highest BCUT2D eigenvalue weighted by atomic mass is 19.1. The predicted octanol–water partition coefficient (Wildman–Crippen LogP) is 2.11. The summed E-state index contributed by atoms with van der Waals surface area (Å²) in [5, 5.41) is 3.32. The van der Waals surface area contributed by atoms with E-state index in [0.29, 0.717) is 45.0 Å². The molecule has 1 amide bonds. The third-order valence-corrected chi connectivity index (χ3v) is 5.94. The third kappa shape index (κ3) is 4.93. The Bertz CT molecular complexity index is 961. The van der Waals surface area contributed by atoms with Crippen molar-refractivity contribution in [1.29, 1.82) is 0 Å². The van der Waals surface area contributed by atoms with Crippen molar-refractivity contribution < 1.29 is 13.9 Å². The number of amides is 1. The van der Waals surface area contributed by atoms with Gasteiger partial charge in [0.2, 0.25) is 0 Å². The van der Waals surface area contributed by atoms with Crippen molar-refractivity contribution in [2.24, 2.45) is 4.99 Å². The van der Waals surface area contributed by atoms with Gasteiger partial charge in [-0.25, -0.2) is 14.4 Å². The molecule has 1 unspecified atom stereocenters. The Morgan fingerprint density at radius 3 is 2.69 bits per heavy atom. The van der Waals surface area contributed by atoms with Gasteiger partial charge in [-0.3, -0.25) is 4.79 Å². The Morgan fingerprint density at radius 2 is 2.06 bits per heavy atom. The molecule has 172 valence electrons. The Labute approximate surface area is 188 Å². The lowest BCUT2D eigenvalue weighted by Gasteiger charge is -2.37. The Morgan fingerprint density at radius 1 is 1.28 bits per heavy atom. The van der Waals surface area contributed by atoms with E-state index >= 15 is 0 Å². The summed E-state index contributed by atoms with van der Waals surface area (Å²) < 4.78 is 22.0. The number of guanidine groups is 1. The molecule has 0 radical (unpaired) electrons. The van der Waals surface area contributed by atoms with Crippen molar-refractivity contribution in [1.82, 2.24) is 24.7 Å². The van der Waals surface area contributed by atoms with Crippen LogP contribution in [-0.2, 0) is 16.1 Å². The van der Waals surface area contributed by atoms with Crippen molar-refractivity contribution in [3.05, 3.63) is 47.8 Å². The summed E-state index contributed by atoms with van der Waals surface area (Å²) >= 11 is 0. The maximum atomic E-state index is 14.7. The molecule has 2 saturated heterocycles. The van der Waals surface area contributed by atoms with E-state index in [9.17, 15) is 9.18 Å². The Hall–Kier alpha value is -2.94. The average Bonchev–Trinajstić information content (AvgIpc) is 3.49. The minimum Gasteiger partial charge on any atom is -0.368 e. The largest absolute Gasteiger partial charge is 0.368 e. The lowest BCUT2D eigenvalue weighted by Crippen LogP contribution is -2.55. The number of carbonyl (C=O) groups excluding carboxylic acids is 1. The first-order valence-electron chi connectivity index (χ1n) is 11.3. The van der Waals surface area contributed by atoms with E-state index in [1.54, 1.807) is 23.0 Å². The summed E-state index contributed by atoms with van der Waals surface area (Å²) in [7, 11) is 0. The normalized spacial score (nSPS) is 19.5. The molecule has 2 fully saturated rings. The van der Waals surface area contributed by atoms with Crippen LogP contribution in [0.15, 0.2) is 35.6 Å². The number of aliphatic imine (C=N–C) groups is 1. The number of ether oxygens (including phenoxy) is 1. The number of hydrogen-bond donors (Lipinski definition) is 1. The Kier molecular flexibility index (Phi) is 7.04. The van der Waals surface area contributed by atoms with Crippen LogP contribution < -0.4 is 5.32 Å².